The van der Waals surface area contributed by atoms with Crippen LogP contribution in [0.15, 0.2) is 46.8 Å². The number of ether oxygens (including phenoxy) is 1. The zero-order valence-electron chi connectivity index (χ0n) is 17.4. The zero-order valence-corrected chi connectivity index (χ0v) is 20.5. The molecule has 0 aliphatic carbocycles. The van der Waals surface area contributed by atoms with E-state index in [1.54, 1.807) is 7.11 Å². The second-order valence-corrected chi connectivity index (χ2v) is 8.08. The number of guanidine groups is 1. The maximum atomic E-state index is 5.23. The Labute approximate surface area is 196 Å². The van der Waals surface area contributed by atoms with Gasteiger partial charge in [-0.3, -0.25) is 4.90 Å². The summed E-state index contributed by atoms with van der Waals surface area (Å²) in [7, 11) is 1.72. The summed E-state index contributed by atoms with van der Waals surface area (Å²) in [6.45, 7) is 7.48. The topological polar surface area (TPSA) is 48.9 Å². The van der Waals surface area contributed by atoms with Crippen molar-refractivity contribution in [1.82, 2.24) is 15.5 Å². The van der Waals surface area contributed by atoms with Gasteiger partial charge in [0.2, 0.25) is 0 Å². The SMILES string of the molecule is CCNC(=NCc1cccc(COC)c1)NCC(c1cccs1)N1CCCC1.I. The van der Waals surface area contributed by atoms with E-state index in [0.29, 0.717) is 19.2 Å². The standard InChI is InChI=1S/C22H32N4OS.HI/c1-3-23-22(24-15-18-8-6-9-19(14-18)17-27-2)25-16-20(21-10-7-13-28-21)26-11-4-5-12-26;/h6-10,13-14,20H,3-5,11-12,15-17H2,1-2H3,(H2,23,24,25);1H. The molecule has 1 aromatic carbocycles. The molecule has 1 saturated heterocycles. The first-order chi connectivity index (χ1) is 13.8. The van der Waals surface area contributed by atoms with Gasteiger partial charge in [0.1, 0.15) is 0 Å². The van der Waals surface area contributed by atoms with E-state index in [0.717, 1.165) is 19.0 Å². The number of methoxy groups -OCH3 is 1. The highest BCUT2D eigenvalue weighted by atomic mass is 127. The third kappa shape index (κ3) is 7.55. The van der Waals surface area contributed by atoms with Crippen LogP contribution in [0, 0.1) is 0 Å². The van der Waals surface area contributed by atoms with E-state index < -0.39 is 0 Å². The molecule has 2 N–H and O–H groups in total. The lowest BCUT2D eigenvalue weighted by atomic mass is 10.1. The van der Waals surface area contributed by atoms with E-state index >= 15 is 0 Å². The smallest absolute Gasteiger partial charge is 0.191 e. The summed E-state index contributed by atoms with van der Waals surface area (Å²) in [4.78, 5) is 8.83. The maximum Gasteiger partial charge on any atom is 0.191 e. The molecule has 3 rings (SSSR count). The summed E-state index contributed by atoms with van der Waals surface area (Å²) in [5.74, 6) is 0.875. The van der Waals surface area contributed by atoms with Gasteiger partial charge in [0.25, 0.3) is 0 Å². The van der Waals surface area contributed by atoms with Crippen LogP contribution in [0.4, 0.5) is 0 Å². The summed E-state index contributed by atoms with van der Waals surface area (Å²) in [5.41, 5.74) is 2.38. The zero-order chi connectivity index (χ0) is 19.6. The molecule has 1 fully saturated rings. The van der Waals surface area contributed by atoms with Crippen LogP contribution in [0.2, 0.25) is 0 Å². The van der Waals surface area contributed by atoms with Crippen molar-refractivity contribution in [2.45, 2.75) is 39.0 Å². The number of halogens is 1. The number of likely N-dealkylation sites (tertiary alicyclic amines) is 1. The van der Waals surface area contributed by atoms with Crippen molar-refractivity contribution in [2.75, 3.05) is 33.3 Å². The van der Waals surface area contributed by atoms with Crippen LogP contribution in [0.1, 0.15) is 41.8 Å². The first-order valence-electron chi connectivity index (χ1n) is 10.2. The fraction of sp³-hybridized carbons (Fsp3) is 0.500. The van der Waals surface area contributed by atoms with Crippen LogP contribution in [-0.4, -0.2) is 44.1 Å². The van der Waals surface area contributed by atoms with Crippen molar-refractivity contribution in [3.63, 3.8) is 0 Å². The van der Waals surface area contributed by atoms with E-state index in [1.807, 2.05) is 11.3 Å². The van der Waals surface area contributed by atoms with Crippen LogP contribution < -0.4 is 10.6 Å². The average Bonchev–Trinajstić information content (AvgIpc) is 3.41. The molecule has 0 radical (unpaired) electrons. The molecule has 1 aliphatic heterocycles. The van der Waals surface area contributed by atoms with Gasteiger partial charge in [0.05, 0.1) is 19.2 Å². The van der Waals surface area contributed by atoms with Crippen molar-refractivity contribution < 1.29 is 4.74 Å². The van der Waals surface area contributed by atoms with E-state index in [4.69, 9.17) is 9.73 Å². The highest BCUT2D eigenvalue weighted by Crippen LogP contribution is 2.27. The maximum absolute atomic E-state index is 5.23. The quantitative estimate of drug-likeness (QED) is 0.288. The Hall–Kier alpha value is -1.16. The highest BCUT2D eigenvalue weighted by Gasteiger charge is 2.24. The second-order valence-electron chi connectivity index (χ2n) is 7.10. The number of rotatable bonds is 9. The molecule has 1 unspecified atom stereocenters. The van der Waals surface area contributed by atoms with Crippen molar-refractivity contribution in [3.05, 3.63) is 57.8 Å². The molecule has 2 heterocycles. The Morgan fingerprint density at radius 2 is 1.97 bits per heavy atom. The molecule has 160 valence electrons. The molecule has 0 saturated carbocycles. The number of thiophene rings is 1. The Morgan fingerprint density at radius 1 is 1.17 bits per heavy atom. The summed E-state index contributed by atoms with van der Waals surface area (Å²) in [6.07, 6.45) is 2.60. The Bertz CT molecular complexity index is 732. The van der Waals surface area contributed by atoms with Gasteiger partial charge in [0, 0.05) is 25.1 Å². The fourth-order valence-electron chi connectivity index (χ4n) is 3.63. The van der Waals surface area contributed by atoms with Gasteiger partial charge in [-0.15, -0.1) is 35.3 Å². The number of hydrogen-bond donors (Lipinski definition) is 2. The van der Waals surface area contributed by atoms with Gasteiger partial charge < -0.3 is 15.4 Å². The highest BCUT2D eigenvalue weighted by molar-refractivity contribution is 14.0. The second kappa shape index (κ2) is 13.2. The predicted molar refractivity (Wildman–Crippen MR) is 133 cm³/mol. The molecule has 0 amide bonds. The number of aliphatic imine (C=N–C) groups is 1. The number of hydrogen-bond acceptors (Lipinski definition) is 4. The number of nitrogens with one attached hydrogen (secondary N) is 2. The fourth-order valence-corrected chi connectivity index (χ4v) is 4.49. The van der Waals surface area contributed by atoms with Gasteiger partial charge in [-0.1, -0.05) is 30.3 Å². The largest absolute Gasteiger partial charge is 0.380 e. The first-order valence-corrected chi connectivity index (χ1v) is 11.0. The number of benzene rings is 1. The first kappa shape index (κ1) is 24.1. The molecular formula is C22H33IN4OS. The molecular weight excluding hydrogens is 495 g/mol. The average molecular weight is 529 g/mol. The minimum atomic E-state index is 0. The van der Waals surface area contributed by atoms with Gasteiger partial charge in [-0.05, 0) is 55.4 Å². The third-order valence-corrected chi connectivity index (χ3v) is 5.96. The molecule has 7 heteroatoms. The van der Waals surface area contributed by atoms with Gasteiger partial charge in [0.15, 0.2) is 5.96 Å². The minimum Gasteiger partial charge on any atom is -0.380 e. The van der Waals surface area contributed by atoms with Gasteiger partial charge >= 0.3 is 0 Å². The Kier molecular flexibility index (Phi) is 11.0. The predicted octanol–water partition coefficient (Wildman–Crippen LogP) is 4.40. The summed E-state index contributed by atoms with van der Waals surface area (Å²) in [6, 6.07) is 13.2. The molecule has 0 spiro atoms. The lowest BCUT2D eigenvalue weighted by molar-refractivity contribution is 0.185. The van der Waals surface area contributed by atoms with Crippen LogP contribution in [0.3, 0.4) is 0 Å². The van der Waals surface area contributed by atoms with Crippen molar-refractivity contribution in [3.8, 4) is 0 Å². The summed E-state index contributed by atoms with van der Waals surface area (Å²) < 4.78 is 5.23. The lowest BCUT2D eigenvalue weighted by Crippen LogP contribution is -2.42. The molecule has 5 nitrogen and oxygen atoms in total. The van der Waals surface area contributed by atoms with Crippen LogP contribution in [0.5, 0.6) is 0 Å². The molecule has 0 bridgehead atoms. The minimum absolute atomic E-state index is 0. The van der Waals surface area contributed by atoms with Crippen LogP contribution in [-0.2, 0) is 17.9 Å². The Morgan fingerprint density at radius 3 is 2.66 bits per heavy atom. The van der Waals surface area contributed by atoms with E-state index in [1.165, 1.54) is 41.9 Å². The van der Waals surface area contributed by atoms with Crippen molar-refractivity contribution in [1.29, 1.82) is 0 Å². The van der Waals surface area contributed by atoms with E-state index in [2.05, 4.69) is 64.2 Å². The van der Waals surface area contributed by atoms with Crippen LogP contribution >= 0.6 is 35.3 Å². The normalized spacial score (nSPS) is 15.7. The van der Waals surface area contributed by atoms with Crippen molar-refractivity contribution in [2.24, 2.45) is 4.99 Å². The monoisotopic (exact) mass is 528 g/mol. The van der Waals surface area contributed by atoms with E-state index in [-0.39, 0.29) is 24.0 Å². The molecule has 1 aliphatic rings. The lowest BCUT2D eigenvalue weighted by Gasteiger charge is -2.27. The molecule has 29 heavy (non-hydrogen) atoms. The summed E-state index contributed by atoms with van der Waals surface area (Å²) >= 11 is 1.85. The van der Waals surface area contributed by atoms with E-state index in [9.17, 15) is 0 Å². The van der Waals surface area contributed by atoms with Gasteiger partial charge in [-0.2, -0.15) is 0 Å². The third-order valence-electron chi connectivity index (χ3n) is 4.98. The van der Waals surface area contributed by atoms with Crippen molar-refractivity contribution >= 4 is 41.3 Å². The molecule has 1 aromatic heterocycles. The van der Waals surface area contributed by atoms with Gasteiger partial charge in [-0.25, -0.2) is 4.99 Å². The molecule has 2 aromatic rings. The number of nitrogens with zero attached hydrogens (tertiary/aromatic N) is 2. The van der Waals surface area contributed by atoms with Crippen LogP contribution in [0.25, 0.3) is 0 Å². The Balaban J connectivity index is 0.00000300. The molecule has 1 atom stereocenters. The summed E-state index contributed by atoms with van der Waals surface area (Å²) in [5, 5.41) is 9.13.